The van der Waals surface area contributed by atoms with Crippen LogP contribution in [0, 0.1) is 17.2 Å². The van der Waals surface area contributed by atoms with Crippen molar-refractivity contribution in [2.45, 2.75) is 19.8 Å². The molecule has 132 valence electrons. The molecule has 1 fully saturated rings. The second-order valence-corrected chi connectivity index (χ2v) is 6.11. The summed E-state index contributed by atoms with van der Waals surface area (Å²) < 4.78 is 10.1. The summed E-state index contributed by atoms with van der Waals surface area (Å²) in [6.45, 7) is 3.13. The number of nitriles is 1. The number of carbonyl (C=O) groups is 2. The van der Waals surface area contributed by atoms with E-state index in [1.54, 1.807) is 36.3 Å². The monoisotopic (exact) mass is 342 g/mol. The second-order valence-electron chi connectivity index (χ2n) is 6.11. The van der Waals surface area contributed by atoms with E-state index in [9.17, 15) is 9.59 Å². The van der Waals surface area contributed by atoms with E-state index in [0.717, 1.165) is 12.8 Å². The summed E-state index contributed by atoms with van der Waals surface area (Å²) in [5, 5.41) is 9.17. The molecule has 1 heterocycles. The zero-order valence-electron chi connectivity index (χ0n) is 14.5. The van der Waals surface area contributed by atoms with Crippen LogP contribution in [-0.4, -0.2) is 43.6 Å². The summed E-state index contributed by atoms with van der Waals surface area (Å²) in [6, 6.07) is 8.73. The van der Waals surface area contributed by atoms with Crippen LogP contribution in [0.3, 0.4) is 0 Å². The summed E-state index contributed by atoms with van der Waals surface area (Å²) in [6.07, 6.45) is 3.49. The van der Waals surface area contributed by atoms with Crippen molar-refractivity contribution in [1.29, 1.82) is 5.26 Å². The first-order valence-electron chi connectivity index (χ1n) is 8.24. The van der Waals surface area contributed by atoms with Gasteiger partial charge in [0.15, 0.2) is 6.61 Å². The number of hydrogen-bond donors (Lipinski definition) is 0. The number of methoxy groups -OCH3 is 1. The molecule has 0 unspecified atom stereocenters. The van der Waals surface area contributed by atoms with Crippen LogP contribution in [0.5, 0.6) is 5.75 Å². The van der Waals surface area contributed by atoms with Gasteiger partial charge in [-0.2, -0.15) is 5.26 Å². The number of rotatable bonds is 5. The van der Waals surface area contributed by atoms with Crippen LogP contribution in [0.25, 0.3) is 6.08 Å². The van der Waals surface area contributed by atoms with Crippen molar-refractivity contribution in [1.82, 2.24) is 4.90 Å². The average Bonchev–Trinajstić information content (AvgIpc) is 2.64. The highest BCUT2D eigenvalue weighted by molar-refractivity contribution is 5.98. The molecule has 25 heavy (non-hydrogen) atoms. The van der Waals surface area contributed by atoms with Crippen LogP contribution in [0.2, 0.25) is 0 Å². The maximum absolute atomic E-state index is 12.1. The van der Waals surface area contributed by atoms with Gasteiger partial charge < -0.3 is 14.4 Å². The van der Waals surface area contributed by atoms with Crippen molar-refractivity contribution < 1.29 is 19.1 Å². The third-order valence-electron chi connectivity index (χ3n) is 4.10. The number of piperidine rings is 1. The maximum Gasteiger partial charge on any atom is 0.349 e. The highest BCUT2D eigenvalue weighted by Crippen LogP contribution is 2.16. The number of hydrogen-bond acceptors (Lipinski definition) is 5. The number of nitrogens with zero attached hydrogens (tertiary/aromatic N) is 2. The summed E-state index contributed by atoms with van der Waals surface area (Å²) >= 11 is 0. The minimum atomic E-state index is -0.795. The van der Waals surface area contributed by atoms with E-state index >= 15 is 0 Å². The minimum Gasteiger partial charge on any atom is -0.497 e. The van der Waals surface area contributed by atoms with Gasteiger partial charge in [-0.1, -0.05) is 19.1 Å². The van der Waals surface area contributed by atoms with E-state index in [1.165, 1.54) is 6.08 Å². The van der Waals surface area contributed by atoms with Gasteiger partial charge in [-0.3, -0.25) is 4.79 Å². The Balaban J connectivity index is 1.94. The molecule has 0 saturated carbocycles. The van der Waals surface area contributed by atoms with Gasteiger partial charge in [0, 0.05) is 13.1 Å². The molecule has 0 spiro atoms. The van der Waals surface area contributed by atoms with Gasteiger partial charge >= 0.3 is 5.97 Å². The quantitative estimate of drug-likeness (QED) is 0.466. The van der Waals surface area contributed by atoms with Crippen molar-refractivity contribution in [3.8, 4) is 11.8 Å². The Hall–Kier alpha value is -2.81. The largest absolute Gasteiger partial charge is 0.497 e. The average molecular weight is 342 g/mol. The zero-order chi connectivity index (χ0) is 18.2. The van der Waals surface area contributed by atoms with Gasteiger partial charge in [-0.05, 0) is 42.5 Å². The molecule has 1 aliphatic heterocycles. The third-order valence-corrected chi connectivity index (χ3v) is 4.10. The summed E-state index contributed by atoms with van der Waals surface area (Å²) in [5.41, 5.74) is 0.524. The van der Waals surface area contributed by atoms with Crippen molar-refractivity contribution in [3.05, 3.63) is 35.4 Å². The molecular formula is C19H22N2O4. The topological polar surface area (TPSA) is 79.6 Å². The highest BCUT2D eigenvalue weighted by atomic mass is 16.5. The smallest absolute Gasteiger partial charge is 0.349 e. The first kappa shape index (κ1) is 18.5. The molecule has 1 aromatic carbocycles. The number of carbonyl (C=O) groups excluding carboxylic acids is 2. The van der Waals surface area contributed by atoms with Crippen LogP contribution in [0.15, 0.2) is 29.8 Å². The predicted octanol–water partition coefficient (Wildman–Crippen LogP) is 2.40. The van der Waals surface area contributed by atoms with Gasteiger partial charge in [-0.25, -0.2) is 4.79 Å². The van der Waals surface area contributed by atoms with Gasteiger partial charge in [-0.15, -0.1) is 0 Å². The summed E-state index contributed by atoms with van der Waals surface area (Å²) in [5.74, 6) is 0.121. The van der Waals surface area contributed by atoms with Crippen molar-refractivity contribution in [2.24, 2.45) is 5.92 Å². The molecule has 1 amide bonds. The lowest BCUT2D eigenvalue weighted by Crippen LogP contribution is -2.41. The van der Waals surface area contributed by atoms with Gasteiger partial charge in [0.25, 0.3) is 5.91 Å². The molecule has 1 atom stereocenters. The number of benzene rings is 1. The fourth-order valence-electron chi connectivity index (χ4n) is 2.72. The van der Waals surface area contributed by atoms with E-state index in [-0.39, 0.29) is 18.1 Å². The molecule has 0 bridgehead atoms. The Kier molecular flexibility index (Phi) is 6.58. The first-order chi connectivity index (χ1) is 12.0. The number of amides is 1. The normalized spacial score (nSPS) is 17.6. The van der Waals surface area contributed by atoms with Crippen LogP contribution >= 0.6 is 0 Å². The first-order valence-corrected chi connectivity index (χ1v) is 8.24. The minimum absolute atomic E-state index is 0.148. The molecule has 6 heteroatoms. The molecule has 0 radical (unpaired) electrons. The van der Waals surface area contributed by atoms with E-state index < -0.39 is 5.97 Å². The summed E-state index contributed by atoms with van der Waals surface area (Å²) in [4.78, 5) is 25.9. The molecule has 0 aliphatic carbocycles. The Morgan fingerprint density at radius 1 is 1.36 bits per heavy atom. The second kappa shape index (κ2) is 8.88. The summed E-state index contributed by atoms with van der Waals surface area (Å²) in [7, 11) is 1.56. The molecule has 0 aromatic heterocycles. The lowest BCUT2D eigenvalue weighted by atomic mass is 10.0. The molecule has 0 N–H and O–H groups in total. The molecule has 1 aliphatic rings. The third kappa shape index (κ3) is 5.35. The molecular weight excluding hydrogens is 320 g/mol. The molecule has 2 rings (SSSR count). The Labute approximate surface area is 147 Å². The van der Waals surface area contributed by atoms with Crippen molar-refractivity contribution in [2.75, 3.05) is 26.8 Å². The fraction of sp³-hybridized carbons (Fsp3) is 0.421. The molecule has 1 saturated heterocycles. The van der Waals surface area contributed by atoms with Crippen molar-refractivity contribution in [3.63, 3.8) is 0 Å². The number of ether oxygens (including phenoxy) is 2. The highest BCUT2D eigenvalue weighted by Gasteiger charge is 2.22. The fourth-order valence-corrected chi connectivity index (χ4v) is 2.72. The van der Waals surface area contributed by atoms with Crippen LogP contribution in [0.4, 0.5) is 0 Å². The standard InChI is InChI=1S/C19H22N2O4/c1-14-4-3-9-21(12-14)18(22)13-25-19(23)16(11-20)10-15-5-7-17(24-2)8-6-15/h5-8,10,14H,3-4,9,12-13H2,1-2H3/b16-10+/t14-/m0/s1. The Morgan fingerprint density at radius 2 is 2.08 bits per heavy atom. The van der Waals surface area contributed by atoms with Crippen LogP contribution in [0.1, 0.15) is 25.3 Å². The van der Waals surface area contributed by atoms with E-state index in [4.69, 9.17) is 14.7 Å². The predicted molar refractivity (Wildman–Crippen MR) is 92.5 cm³/mol. The Bertz CT molecular complexity index is 688. The van der Waals surface area contributed by atoms with Crippen LogP contribution < -0.4 is 4.74 Å². The lowest BCUT2D eigenvalue weighted by Gasteiger charge is -2.30. The maximum atomic E-state index is 12.1. The van der Waals surface area contributed by atoms with Gasteiger partial charge in [0.05, 0.1) is 7.11 Å². The molecule has 1 aromatic rings. The van der Waals surface area contributed by atoms with Gasteiger partial charge in [0.1, 0.15) is 17.4 Å². The van der Waals surface area contributed by atoms with E-state index in [2.05, 4.69) is 6.92 Å². The van der Waals surface area contributed by atoms with Crippen molar-refractivity contribution >= 4 is 18.0 Å². The zero-order valence-corrected chi connectivity index (χ0v) is 14.5. The lowest BCUT2D eigenvalue weighted by molar-refractivity contribution is -0.149. The van der Waals surface area contributed by atoms with E-state index in [0.29, 0.717) is 30.3 Å². The van der Waals surface area contributed by atoms with Crippen LogP contribution in [-0.2, 0) is 14.3 Å². The van der Waals surface area contributed by atoms with E-state index in [1.807, 2.05) is 6.07 Å². The molecule has 6 nitrogen and oxygen atoms in total. The Morgan fingerprint density at radius 3 is 2.68 bits per heavy atom. The number of likely N-dealkylation sites (tertiary alicyclic amines) is 1. The SMILES string of the molecule is COc1ccc(/C=C(\C#N)C(=O)OCC(=O)N2CCC[C@H](C)C2)cc1. The number of esters is 1. The van der Waals surface area contributed by atoms with Gasteiger partial charge in [0.2, 0.25) is 0 Å².